The number of hydrogen-bond acceptors (Lipinski definition) is 2. The summed E-state index contributed by atoms with van der Waals surface area (Å²) in [6.45, 7) is 1.59. The lowest BCUT2D eigenvalue weighted by Gasteiger charge is -2.32. The molecule has 1 aromatic carbocycles. The second-order valence-electron chi connectivity index (χ2n) is 4.78. The second-order valence-corrected chi connectivity index (χ2v) is 5.04. The molecule has 1 atom stereocenters. The lowest BCUT2D eigenvalue weighted by Crippen LogP contribution is -2.40. The first-order chi connectivity index (χ1) is 8.74. The van der Waals surface area contributed by atoms with E-state index in [2.05, 4.69) is 0 Å². The van der Waals surface area contributed by atoms with E-state index in [1.54, 1.807) is 0 Å². The number of nitrogens with zero attached hydrogens (tertiary/aromatic N) is 1. The van der Waals surface area contributed by atoms with Gasteiger partial charge in [0.2, 0.25) is 0 Å². The number of amides is 1. The number of piperidine rings is 1. The standard InChI is InChI=1S/C14H18ClNO2/c15-8-11-3-1-5-13(7-11)14(18)16-6-2-4-12(9-16)10-17/h1,3,5,7,12,17H,2,4,6,8-10H2. The van der Waals surface area contributed by atoms with Crippen molar-refractivity contribution >= 4 is 17.5 Å². The van der Waals surface area contributed by atoms with Crippen LogP contribution in [0.15, 0.2) is 24.3 Å². The average molecular weight is 268 g/mol. The van der Waals surface area contributed by atoms with Crippen LogP contribution in [-0.4, -0.2) is 35.6 Å². The molecular weight excluding hydrogens is 250 g/mol. The van der Waals surface area contributed by atoms with E-state index in [4.69, 9.17) is 11.6 Å². The number of rotatable bonds is 3. The molecule has 0 saturated carbocycles. The number of benzene rings is 1. The number of likely N-dealkylation sites (tertiary alicyclic amines) is 1. The van der Waals surface area contributed by atoms with Crippen LogP contribution >= 0.6 is 11.6 Å². The van der Waals surface area contributed by atoms with Gasteiger partial charge in [-0.15, -0.1) is 11.6 Å². The van der Waals surface area contributed by atoms with Crippen molar-refractivity contribution in [2.45, 2.75) is 18.7 Å². The SMILES string of the molecule is O=C(c1cccc(CCl)c1)N1CCCC(CO)C1. The third-order valence-corrected chi connectivity index (χ3v) is 3.70. The molecule has 1 unspecified atom stereocenters. The smallest absolute Gasteiger partial charge is 0.253 e. The maximum Gasteiger partial charge on any atom is 0.253 e. The molecule has 1 heterocycles. The van der Waals surface area contributed by atoms with Gasteiger partial charge in [-0.1, -0.05) is 12.1 Å². The first-order valence-corrected chi connectivity index (χ1v) is 6.83. The molecule has 0 bridgehead atoms. The van der Waals surface area contributed by atoms with E-state index in [0.29, 0.717) is 18.0 Å². The number of hydrogen-bond donors (Lipinski definition) is 1. The fourth-order valence-electron chi connectivity index (χ4n) is 2.37. The molecule has 3 nitrogen and oxygen atoms in total. The van der Waals surface area contributed by atoms with Crippen LogP contribution in [0.4, 0.5) is 0 Å². The summed E-state index contributed by atoms with van der Waals surface area (Å²) in [5.74, 6) is 0.680. The summed E-state index contributed by atoms with van der Waals surface area (Å²) in [5, 5.41) is 9.19. The summed E-state index contributed by atoms with van der Waals surface area (Å²) in [4.78, 5) is 14.2. The quantitative estimate of drug-likeness (QED) is 0.854. The minimum absolute atomic E-state index is 0.0418. The zero-order valence-electron chi connectivity index (χ0n) is 10.3. The lowest BCUT2D eigenvalue weighted by atomic mass is 9.98. The highest BCUT2D eigenvalue weighted by atomic mass is 35.5. The Morgan fingerprint density at radius 1 is 1.50 bits per heavy atom. The highest BCUT2D eigenvalue weighted by Crippen LogP contribution is 2.18. The van der Waals surface area contributed by atoms with Crippen LogP contribution < -0.4 is 0 Å². The number of aliphatic hydroxyl groups is 1. The largest absolute Gasteiger partial charge is 0.396 e. The molecule has 0 aliphatic carbocycles. The van der Waals surface area contributed by atoms with E-state index in [9.17, 15) is 9.90 Å². The first kappa shape index (κ1) is 13.4. The van der Waals surface area contributed by atoms with Crippen molar-refractivity contribution in [1.29, 1.82) is 0 Å². The van der Waals surface area contributed by atoms with Crippen LogP contribution in [0, 0.1) is 5.92 Å². The average Bonchev–Trinajstić information content (AvgIpc) is 2.46. The molecule has 1 fully saturated rings. The normalized spacial score (nSPS) is 19.9. The molecule has 1 N–H and O–H groups in total. The van der Waals surface area contributed by atoms with Crippen LogP contribution in [0.3, 0.4) is 0 Å². The van der Waals surface area contributed by atoms with Crippen molar-refractivity contribution in [3.63, 3.8) is 0 Å². The van der Waals surface area contributed by atoms with E-state index in [-0.39, 0.29) is 18.4 Å². The van der Waals surface area contributed by atoms with Crippen molar-refractivity contribution < 1.29 is 9.90 Å². The van der Waals surface area contributed by atoms with Gasteiger partial charge in [0.15, 0.2) is 0 Å². The molecule has 1 aliphatic rings. The Bertz CT molecular complexity index is 422. The Labute approximate surface area is 112 Å². The Kier molecular flexibility index (Phi) is 4.61. The first-order valence-electron chi connectivity index (χ1n) is 6.29. The fraction of sp³-hybridized carbons (Fsp3) is 0.500. The molecule has 0 radical (unpaired) electrons. The van der Waals surface area contributed by atoms with E-state index in [0.717, 1.165) is 24.9 Å². The molecule has 0 aromatic heterocycles. The van der Waals surface area contributed by atoms with Gasteiger partial charge in [-0.05, 0) is 36.5 Å². The van der Waals surface area contributed by atoms with E-state index in [1.165, 1.54) is 0 Å². The highest BCUT2D eigenvalue weighted by Gasteiger charge is 2.23. The maximum absolute atomic E-state index is 12.3. The van der Waals surface area contributed by atoms with Crippen LogP contribution in [0.25, 0.3) is 0 Å². The Hall–Kier alpha value is -1.06. The number of carbonyl (C=O) groups excluding carboxylic acids is 1. The molecule has 1 saturated heterocycles. The zero-order chi connectivity index (χ0) is 13.0. The van der Waals surface area contributed by atoms with Gasteiger partial charge >= 0.3 is 0 Å². The lowest BCUT2D eigenvalue weighted by molar-refractivity contribution is 0.0620. The molecule has 18 heavy (non-hydrogen) atoms. The highest BCUT2D eigenvalue weighted by molar-refractivity contribution is 6.17. The Balaban J connectivity index is 2.10. The summed E-state index contributed by atoms with van der Waals surface area (Å²) in [7, 11) is 0. The van der Waals surface area contributed by atoms with E-state index >= 15 is 0 Å². The number of alkyl halides is 1. The minimum atomic E-state index is 0.0418. The molecule has 0 spiro atoms. The molecular formula is C14H18ClNO2. The minimum Gasteiger partial charge on any atom is -0.396 e. The molecule has 98 valence electrons. The number of aliphatic hydroxyl groups excluding tert-OH is 1. The van der Waals surface area contributed by atoms with Gasteiger partial charge in [0.25, 0.3) is 5.91 Å². The van der Waals surface area contributed by atoms with Gasteiger partial charge in [0, 0.05) is 31.1 Å². The van der Waals surface area contributed by atoms with Crippen molar-refractivity contribution in [3.8, 4) is 0 Å². The van der Waals surface area contributed by atoms with E-state index < -0.39 is 0 Å². The topological polar surface area (TPSA) is 40.5 Å². The van der Waals surface area contributed by atoms with Crippen LogP contribution in [0.2, 0.25) is 0 Å². The van der Waals surface area contributed by atoms with Gasteiger partial charge in [-0.25, -0.2) is 0 Å². The molecule has 2 rings (SSSR count). The third-order valence-electron chi connectivity index (χ3n) is 3.39. The van der Waals surface area contributed by atoms with Crippen LogP contribution in [0.5, 0.6) is 0 Å². The molecule has 1 amide bonds. The predicted molar refractivity (Wildman–Crippen MR) is 71.7 cm³/mol. The van der Waals surface area contributed by atoms with Gasteiger partial charge in [-0.2, -0.15) is 0 Å². The fourth-order valence-corrected chi connectivity index (χ4v) is 2.53. The van der Waals surface area contributed by atoms with E-state index in [1.807, 2.05) is 29.2 Å². The van der Waals surface area contributed by atoms with Crippen molar-refractivity contribution in [2.75, 3.05) is 19.7 Å². The van der Waals surface area contributed by atoms with Crippen LogP contribution in [-0.2, 0) is 5.88 Å². The Morgan fingerprint density at radius 3 is 3.06 bits per heavy atom. The zero-order valence-corrected chi connectivity index (χ0v) is 11.1. The van der Waals surface area contributed by atoms with Crippen LogP contribution in [0.1, 0.15) is 28.8 Å². The maximum atomic E-state index is 12.3. The van der Waals surface area contributed by atoms with Crippen molar-refractivity contribution in [2.24, 2.45) is 5.92 Å². The summed E-state index contributed by atoms with van der Waals surface area (Å²) in [6.07, 6.45) is 1.97. The van der Waals surface area contributed by atoms with Gasteiger partial charge in [-0.3, -0.25) is 4.79 Å². The third kappa shape index (κ3) is 3.03. The number of carbonyl (C=O) groups is 1. The van der Waals surface area contributed by atoms with Gasteiger partial charge < -0.3 is 10.0 Å². The van der Waals surface area contributed by atoms with Crippen molar-refractivity contribution in [1.82, 2.24) is 4.90 Å². The summed E-state index contributed by atoms with van der Waals surface area (Å²) in [6, 6.07) is 7.44. The summed E-state index contributed by atoms with van der Waals surface area (Å²) in [5.41, 5.74) is 1.64. The molecule has 4 heteroatoms. The molecule has 1 aliphatic heterocycles. The Morgan fingerprint density at radius 2 is 2.33 bits per heavy atom. The number of halogens is 1. The summed E-state index contributed by atoms with van der Waals surface area (Å²) < 4.78 is 0. The second kappa shape index (κ2) is 6.21. The predicted octanol–water partition coefficient (Wildman–Crippen LogP) is 2.27. The van der Waals surface area contributed by atoms with Gasteiger partial charge in [0.1, 0.15) is 0 Å². The monoisotopic (exact) mass is 267 g/mol. The molecule has 1 aromatic rings. The summed E-state index contributed by atoms with van der Waals surface area (Å²) >= 11 is 5.78. The van der Waals surface area contributed by atoms with Crippen molar-refractivity contribution in [3.05, 3.63) is 35.4 Å². The van der Waals surface area contributed by atoms with Gasteiger partial charge in [0.05, 0.1) is 0 Å².